The lowest BCUT2D eigenvalue weighted by Crippen LogP contribution is -2.58. The van der Waals surface area contributed by atoms with Crippen LogP contribution in [0.25, 0.3) is 0 Å². The number of ketones is 1. The van der Waals surface area contributed by atoms with Crippen molar-refractivity contribution in [3.8, 4) is 0 Å². The van der Waals surface area contributed by atoms with Gasteiger partial charge in [-0.1, -0.05) is 53.9 Å². The molecule has 0 spiro atoms. The van der Waals surface area contributed by atoms with Gasteiger partial charge in [0.25, 0.3) is 0 Å². The number of Topliss-reactive ketones (excluding diaryl/α,β-unsaturated/α-hetero) is 1. The lowest BCUT2D eigenvalue weighted by atomic mass is 9.44. The van der Waals surface area contributed by atoms with Crippen molar-refractivity contribution in [2.24, 2.45) is 52.3 Å². The number of carbonyl (C=O) groups is 1. The van der Waals surface area contributed by atoms with Gasteiger partial charge in [-0.05, 0) is 90.8 Å². The zero-order valence-corrected chi connectivity index (χ0v) is 19.8. The normalized spacial score (nSPS) is 48.2. The number of aliphatic hydroxyl groups excluding tert-OH is 1. The number of aliphatic hydroxyl groups is 1. The maximum atomic E-state index is 12.1. The van der Waals surface area contributed by atoms with E-state index in [0.29, 0.717) is 23.5 Å². The van der Waals surface area contributed by atoms with Crippen molar-refractivity contribution in [1.29, 1.82) is 0 Å². The minimum absolute atomic E-state index is 0.193. The van der Waals surface area contributed by atoms with Crippen LogP contribution in [0.2, 0.25) is 0 Å². The minimum Gasteiger partial charge on any atom is -0.393 e. The van der Waals surface area contributed by atoms with Crippen LogP contribution in [0.4, 0.5) is 0 Å². The fourth-order valence-corrected chi connectivity index (χ4v) is 9.11. The van der Waals surface area contributed by atoms with Crippen LogP contribution < -0.4 is 0 Å². The van der Waals surface area contributed by atoms with Crippen molar-refractivity contribution in [2.75, 3.05) is 0 Å². The van der Waals surface area contributed by atoms with Gasteiger partial charge >= 0.3 is 0 Å². The number of hydrogen-bond acceptors (Lipinski definition) is 2. The SMILES string of the molecule is CC(C)CCC[C@@H](C)[C@H]1CC[C@H]2[C@@H]3C[C@@H](O)[C@H]4CC(=O)CC[C@]4(C)[C@H]3CC[C@]12C. The largest absolute Gasteiger partial charge is 0.393 e. The summed E-state index contributed by atoms with van der Waals surface area (Å²) >= 11 is 0. The predicted octanol–water partition coefficient (Wildman–Crippen LogP) is 6.65. The van der Waals surface area contributed by atoms with E-state index in [1.165, 1.54) is 44.9 Å². The highest BCUT2D eigenvalue weighted by molar-refractivity contribution is 5.79. The minimum atomic E-state index is -0.254. The highest BCUT2D eigenvalue weighted by atomic mass is 16.3. The molecule has 0 saturated heterocycles. The first-order chi connectivity index (χ1) is 13.7. The van der Waals surface area contributed by atoms with Crippen LogP contribution in [0.15, 0.2) is 0 Å². The molecule has 0 aromatic carbocycles. The summed E-state index contributed by atoms with van der Waals surface area (Å²) in [5.41, 5.74) is 0.671. The molecule has 0 unspecified atom stereocenters. The molecule has 1 N–H and O–H groups in total. The molecular weight excluding hydrogens is 356 g/mol. The third kappa shape index (κ3) is 3.64. The molecule has 9 atom stereocenters. The van der Waals surface area contributed by atoms with Crippen LogP contribution in [0, 0.1) is 52.3 Å². The van der Waals surface area contributed by atoms with Gasteiger partial charge in [-0.3, -0.25) is 4.79 Å². The van der Waals surface area contributed by atoms with Crippen LogP contribution in [-0.4, -0.2) is 17.0 Å². The molecular formula is C27H46O2. The Kier molecular flexibility index (Phi) is 5.99. The van der Waals surface area contributed by atoms with Gasteiger partial charge in [-0.15, -0.1) is 0 Å². The Labute approximate surface area is 179 Å². The van der Waals surface area contributed by atoms with Crippen LogP contribution in [0.1, 0.15) is 105 Å². The Morgan fingerprint density at radius 2 is 1.69 bits per heavy atom. The first kappa shape index (κ1) is 21.8. The summed E-state index contributed by atoms with van der Waals surface area (Å²) in [4.78, 5) is 12.1. The summed E-state index contributed by atoms with van der Waals surface area (Å²) in [7, 11) is 0. The Hall–Kier alpha value is -0.370. The Morgan fingerprint density at radius 1 is 0.966 bits per heavy atom. The van der Waals surface area contributed by atoms with Crippen LogP contribution in [0.5, 0.6) is 0 Å². The van der Waals surface area contributed by atoms with Gasteiger partial charge in [0.15, 0.2) is 0 Å². The molecule has 2 nitrogen and oxygen atoms in total. The monoisotopic (exact) mass is 402 g/mol. The average molecular weight is 403 g/mol. The maximum Gasteiger partial charge on any atom is 0.133 e. The molecule has 29 heavy (non-hydrogen) atoms. The van der Waals surface area contributed by atoms with Crippen molar-refractivity contribution in [3.63, 3.8) is 0 Å². The first-order valence-corrected chi connectivity index (χ1v) is 12.9. The molecule has 0 bridgehead atoms. The van der Waals surface area contributed by atoms with Gasteiger partial charge in [0, 0.05) is 12.8 Å². The molecule has 166 valence electrons. The van der Waals surface area contributed by atoms with Crippen molar-refractivity contribution in [1.82, 2.24) is 0 Å². The molecule has 4 aliphatic carbocycles. The average Bonchev–Trinajstić information content (AvgIpc) is 3.00. The molecule has 4 rings (SSSR count). The quantitative estimate of drug-likeness (QED) is 0.559. The molecule has 0 aliphatic heterocycles. The van der Waals surface area contributed by atoms with Crippen LogP contribution in [-0.2, 0) is 4.79 Å². The Bertz CT molecular complexity index is 612. The molecule has 4 saturated carbocycles. The van der Waals surface area contributed by atoms with E-state index in [2.05, 4.69) is 34.6 Å². The van der Waals surface area contributed by atoms with E-state index in [0.717, 1.165) is 48.9 Å². The maximum absolute atomic E-state index is 12.1. The number of carbonyl (C=O) groups excluding carboxylic acids is 1. The lowest BCUT2D eigenvalue weighted by Gasteiger charge is -2.61. The van der Waals surface area contributed by atoms with E-state index in [1.54, 1.807) is 0 Å². The molecule has 0 aromatic rings. The second-order valence-electron chi connectivity index (χ2n) is 12.6. The van der Waals surface area contributed by atoms with E-state index in [9.17, 15) is 9.90 Å². The van der Waals surface area contributed by atoms with Gasteiger partial charge in [0.05, 0.1) is 6.10 Å². The summed E-state index contributed by atoms with van der Waals surface area (Å²) in [6, 6.07) is 0. The summed E-state index contributed by atoms with van der Waals surface area (Å²) in [5.74, 6) is 5.36. The molecule has 0 radical (unpaired) electrons. The van der Waals surface area contributed by atoms with Gasteiger partial charge < -0.3 is 5.11 Å². The molecule has 0 amide bonds. The number of rotatable bonds is 5. The predicted molar refractivity (Wildman–Crippen MR) is 119 cm³/mol. The van der Waals surface area contributed by atoms with Gasteiger partial charge in [0.1, 0.15) is 5.78 Å². The number of hydrogen-bond donors (Lipinski definition) is 1. The van der Waals surface area contributed by atoms with E-state index in [1.807, 2.05) is 0 Å². The van der Waals surface area contributed by atoms with Crippen LogP contribution in [0.3, 0.4) is 0 Å². The Morgan fingerprint density at radius 3 is 2.41 bits per heavy atom. The van der Waals surface area contributed by atoms with E-state index < -0.39 is 0 Å². The first-order valence-electron chi connectivity index (χ1n) is 12.9. The standard InChI is InChI=1S/C27H46O2/c1-17(2)7-6-8-18(3)21-9-10-22-20-16-25(29)24-15-19(28)11-13-27(24,5)23(20)12-14-26(21,22)4/h17-18,20-25,29H,6-16H2,1-5H3/t18-,20+,21-,22+,23+,24-,25-,26-,27-/m1/s1. The zero-order chi connectivity index (χ0) is 21.0. The summed E-state index contributed by atoms with van der Waals surface area (Å²) < 4.78 is 0. The second kappa shape index (κ2) is 7.95. The van der Waals surface area contributed by atoms with E-state index in [-0.39, 0.29) is 17.4 Å². The smallest absolute Gasteiger partial charge is 0.133 e. The fraction of sp³-hybridized carbons (Fsp3) is 0.963. The van der Waals surface area contributed by atoms with Crippen molar-refractivity contribution in [3.05, 3.63) is 0 Å². The molecule has 0 aromatic heterocycles. The molecule has 2 heteroatoms. The molecule has 4 aliphatic rings. The van der Waals surface area contributed by atoms with E-state index >= 15 is 0 Å². The Balaban J connectivity index is 1.50. The third-order valence-electron chi connectivity index (χ3n) is 10.7. The van der Waals surface area contributed by atoms with Gasteiger partial charge in [-0.2, -0.15) is 0 Å². The van der Waals surface area contributed by atoms with E-state index in [4.69, 9.17) is 0 Å². The molecule has 4 fully saturated rings. The third-order valence-corrected chi connectivity index (χ3v) is 10.7. The van der Waals surface area contributed by atoms with Crippen LogP contribution >= 0.6 is 0 Å². The highest BCUT2D eigenvalue weighted by Gasteiger charge is 2.62. The summed E-state index contributed by atoms with van der Waals surface area (Å²) in [6.07, 6.45) is 12.8. The number of fused-ring (bicyclic) bond motifs is 5. The fourth-order valence-electron chi connectivity index (χ4n) is 9.11. The molecule has 0 heterocycles. The topological polar surface area (TPSA) is 37.3 Å². The zero-order valence-electron chi connectivity index (χ0n) is 19.8. The van der Waals surface area contributed by atoms with Gasteiger partial charge in [0.2, 0.25) is 0 Å². The summed E-state index contributed by atoms with van der Waals surface area (Å²) in [6.45, 7) is 12.3. The van der Waals surface area contributed by atoms with Crippen molar-refractivity contribution in [2.45, 2.75) is 111 Å². The second-order valence-corrected chi connectivity index (χ2v) is 12.6. The van der Waals surface area contributed by atoms with Gasteiger partial charge in [-0.25, -0.2) is 0 Å². The van der Waals surface area contributed by atoms with Crippen molar-refractivity contribution < 1.29 is 9.90 Å². The summed E-state index contributed by atoms with van der Waals surface area (Å²) in [5, 5.41) is 11.1. The van der Waals surface area contributed by atoms with Crippen molar-refractivity contribution >= 4 is 5.78 Å². The highest BCUT2D eigenvalue weighted by Crippen LogP contribution is 2.68. The lowest BCUT2D eigenvalue weighted by molar-refractivity contribution is -0.166.